The van der Waals surface area contributed by atoms with Gasteiger partial charge < -0.3 is 10.2 Å². The molecule has 2 aromatic heterocycles. The maximum atomic E-state index is 13.6. The normalized spacial score (nSPS) is 12.1. The number of nitrogens with zero attached hydrogens (tertiary/aromatic N) is 3. The van der Waals surface area contributed by atoms with Gasteiger partial charge in [0.1, 0.15) is 11.4 Å². The molecule has 35 heavy (non-hydrogen) atoms. The van der Waals surface area contributed by atoms with Crippen LogP contribution in [0.1, 0.15) is 49.4 Å². The molecule has 3 aromatic rings. The van der Waals surface area contributed by atoms with Gasteiger partial charge >= 0.3 is 5.69 Å². The summed E-state index contributed by atoms with van der Waals surface area (Å²) in [6.07, 6.45) is 0.722. The van der Waals surface area contributed by atoms with Crippen LogP contribution in [0.15, 0.2) is 27.8 Å². The number of nitrogens with one attached hydrogen (secondary N) is 1. The fraction of sp³-hybridized carbons (Fsp3) is 0.417. The largest absolute Gasteiger partial charge is 0.352 e. The molecule has 0 saturated carbocycles. The first-order valence-electron chi connectivity index (χ1n) is 11.4. The average Bonchev–Trinajstić information content (AvgIpc) is 3.16. The molecule has 0 fully saturated rings. The van der Waals surface area contributed by atoms with Gasteiger partial charge in [0.25, 0.3) is 11.5 Å². The number of fused-ring (bicyclic) bond motifs is 1. The van der Waals surface area contributed by atoms with Gasteiger partial charge in [0, 0.05) is 19.1 Å². The van der Waals surface area contributed by atoms with Crippen molar-refractivity contribution in [3.63, 3.8) is 0 Å². The van der Waals surface area contributed by atoms with E-state index in [2.05, 4.69) is 5.32 Å². The van der Waals surface area contributed by atoms with E-state index in [9.17, 15) is 19.2 Å². The van der Waals surface area contributed by atoms with E-state index in [0.29, 0.717) is 23.5 Å². The highest BCUT2D eigenvalue weighted by molar-refractivity contribution is 7.20. The summed E-state index contributed by atoms with van der Waals surface area (Å²) in [6.45, 7) is 9.93. The number of carbonyl (C=O) groups is 2. The van der Waals surface area contributed by atoms with Gasteiger partial charge in [-0.25, -0.2) is 9.36 Å². The molecule has 0 bridgehead atoms. The minimum absolute atomic E-state index is 0.0838. The molecule has 0 aliphatic rings. The van der Waals surface area contributed by atoms with E-state index in [-0.39, 0.29) is 50.4 Å². The second-order valence-corrected chi connectivity index (χ2v) is 10.0. The Hall–Kier alpha value is -2.62. The second-order valence-electron chi connectivity index (χ2n) is 8.20. The molecule has 8 nitrogen and oxygen atoms in total. The number of aromatic nitrogens is 2. The van der Waals surface area contributed by atoms with E-state index in [1.54, 1.807) is 11.8 Å². The van der Waals surface area contributed by atoms with Crippen LogP contribution >= 0.6 is 34.5 Å². The maximum absolute atomic E-state index is 13.6. The minimum atomic E-state index is -0.705. The van der Waals surface area contributed by atoms with Crippen LogP contribution in [0.3, 0.4) is 0 Å². The molecule has 1 N–H and O–H groups in total. The van der Waals surface area contributed by atoms with Crippen molar-refractivity contribution in [2.75, 3.05) is 13.1 Å². The summed E-state index contributed by atoms with van der Waals surface area (Å²) in [7, 11) is 0. The Labute approximate surface area is 217 Å². The van der Waals surface area contributed by atoms with Crippen LogP contribution in [0.2, 0.25) is 10.0 Å². The van der Waals surface area contributed by atoms with Gasteiger partial charge in [-0.3, -0.25) is 19.0 Å². The van der Waals surface area contributed by atoms with E-state index in [0.717, 1.165) is 22.3 Å². The van der Waals surface area contributed by atoms with E-state index < -0.39 is 11.2 Å². The summed E-state index contributed by atoms with van der Waals surface area (Å²) >= 11 is 13.2. The molecule has 1 aromatic carbocycles. The van der Waals surface area contributed by atoms with Gasteiger partial charge in [-0.05, 0) is 57.9 Å². The fourth-order valence-electron chi connectivity index (χ4n) is 3.76. The zero-order valence-electron chi connectivity index (χ0n) is 20.3. The summed E-state index contributed by atoms with van der Waals surface area (Å²) in [4.78, 5) is 55.5. The topological polar surface area (TPSA) is 93.4 Å². The summed E-state index contributed by atoms with van der Waals surface area (Å²) in [6, 6.07) is 4.34. The summed E-state index contributed by atoms with van der Waals surface area (Å²) in [5.41, 5.74) is -0.607. The van der Waals surface area contributed by atoms with Crippen molar-refractivity contribution in [1.29, 1.82) is 0 Å². The Bertz CT molecular complexity index is 1410. The first-order valence-corrected chi connectivity index (χ1v) is 13.0. The van der Waals surface area contributed by atoms with E-state index in [4.69, 9.17) is 23.2 Å². The van der Waals surface area contributed by atoms with E-state index in [1.165, 1.54) is 22.8 Å². The van der Waals surface area contributed by atoms with Gasteiger partial charge in [0.15, 0.2) is 0 Å². The maximum Gasteiger partial charge on any atom is 0.337 e. The molecule has 11 heteroatoms. The summed E-state index contributed by atoms with van der Waals surface area (Å²) in [5, 5.41) is 3.51. The first kappa shape index (κ1) is 27.0. The van der Waals surface area contributed by atoms with Gasteiger partial charge in [-0.15, -0.1) is 11.3 Å². The molecular weight excluding hydrogens is 511 g/mol. The molecular formula is C24H28Cl2N4O4S. The smallest absolute Gasteiger partial charge is 0.337 e. The highest BCUT2D eigenvalue weighted by atomic mass is 35.5. The lowest BCUT2D eigenvalue weighted by Crippen LogP contribution is -2.42. The molecule has 0 unspecified atom stereocenters. The number of rotatable bonds is 8. The number of amides is 2. The lowest BCUT2D eigenvalue weighted by atomic mass is 10.2. The van der Waals surface area contributed by atoms with Crippen LogP contribution in [0.25, 0.3) is 15.9 Å². The van der Waals surface area contributed by atoms with Gasteiger partial charge in [-0.2, -0.15) is 0 Å². The van der Waals surface area contributed by atoms with Crippen LogP contribution in [0.5, 0.6) is 0 Å². The van der Waals surface area contributed by atoms with Crippen LogP contribution in [0, 0.1) is 6.92 Å². The quantitative estimate of drug-likeness (QED) is 0.464. The standard InChI is InChI=1S/C24H28Cl2N4O4S/c1-6-13(4)27-18(31)12-29-23-19(14(5)20(35-23)22(33)28(7-2)8-3)21(32)30(24(29)34)15-9-10-16(25)17(26)11-15/h9-11,13H,6-8,12H2,1-5H3,(H,27,31)/t13-/m0/s1. The Morgan fingerprint density at radius 1 is 1.11 bits per heavy atom. The van der Waals surface area contributed by atoms with Crippen LogP contribution in [-0.2, 0) is 11.3 Å². The summed E-state index contributed by atoms with van der Waals surface area (Å²) in [5.74, 6) is -0.595. The number of benzene rings is 1. The third kappa shape index (κ3) is 5.17. The van der Waals surface area contributed by atoms with Crippen molar-refractivity contribution in [3.8, 4) is 5.69 Å². The number of aryl methyl sites for hydroxylation is 1. The fourth-order valence-corrected chi connectivity index (χ4v) is 5.31. The van der Waals surface area contributed by atoms with Crippen LogP contribution < -0.4 is 16.6 Å². The van der Waals surface area contributed by atoms with Gasteiger partial charge in [0.05, 0.1) is 26.0 Å². The predicted octanol–water partition coefficient (Wildman–Crippen LogP) is 4.23. The lowest BCUT2D eigenvalue weighted by Gasteiger charge is -2.17. The molecule has 188 valence electrons. The van der Waals surface area contributed by atoms with E-state index >= 15 is 0 Å². The number of hydrogen-bond acceptors (Lipinski definition) is 5. The van der Waals surface area contributed by atoms with Crippen molar-refractivity contribution in [3.05, 3.63) is 59.5 Å². The number of carbonyl (C=O) groups excluding carboxylic acids is 2. The van der Waals surface area contributed by atoms with Crippen molar-refractivity contribution >= 4 is 56.6 Å². The van der Waals surface area contributed by atoms with Crippen molar-refractivity contribution < 1.29 is 9.59 Å². The first-order chi connectivity index (χ1) is 16.5. The molecule has 0 spiro atoms. The Morgan fingerprint density at radius 3 is 2.34 bits per heavy atom. The molecule has 3 rings (SSSR count). The van der Waals surface area contributed by atoms with E-state index in [1.807, 2.05) is 27.7 Å². The minimum Gasteiger partial charge on any atom is -0.352 e. The molecule has 0 aliphatic heterocycles. The highest BCUT2D eigenvalue weighted by Gasteiger charge is 2.26. The van der Waals surface area contributed by atoms with Crippen molar-refractivity contribution in [2.24, 2.45) is 0 Å². The summed E-state index contributed by atoms with van der Waals surface area (Å²) < 4.78 is 2.21. The second kappa shape index (κ2) is 11.0. The van der Waals surface area contributed by atoms with Crippen LogP contribution in [0.4, 0.5) is 0 Å². The number of halogens is 2. The third-order valence-corrected chi connectivity index (χ3v) is 7.98. The van der Waals surface area contributed by atoms with Gasteiger partial charge in [0.2, 0.25) is 5.91 Å². The average molecular weight is 539 g/mol. The molecule has 1 atom stereocenters. The number of hydrogen-bond donors (Lipinski definition) is 1. The van der Waals surface area contributed by atoms with Crippen molar-refractivity contribution in [1.82, 2.24) is 19.4 Å². The lowest BCUT2D eigenvalue weighted by molar-refractivity contribution is -0.122. The van der Waals surface area contributed by atoms with Crippen LogP contribution in [-0.4, -0.2) is 45.0 Å². The zero-order chi connectivity index (χ0) is 26.0. The molecule has 0 radical (unpaired) electrons. The molecule has 2 amide bonds. The monoisotopic (exact) mass is 538 g/mol. The zero-order valence-corrected chi connectivity index (χ0v) is 22.6. The molecule has 2 heterocycles. The van der Waals surface area contributed by atoms with Crippen molar-refractivity contribution in [2.45, 2.75) is 53.6 Å². The Morgan fingerprint density at radius 2 is 1.77 bits per heavy atom. The van der Waals surface area contributed by atoms with Gasteiger partial charge in [-0.1, -0.05) is 30.1 Å². The SMILES string of the molecule is CC[C@H](C)NC(=O)Cn1c(=O)n(-c2ccc(Cl)c(Cl)c2)c(=O)c2c(C)c(C(=O)N(CC)CC)sc21. The molecule has 0 aliphatic carbocycles. The Kier molecular flexibility index (Phi) is 8.46. The third-order valence-electron chi connectivity index (χ3n) is 5.94. The Balaban J connectivity index is 2.35. The number of thiophene rings is 1. The molecule has 0 saturated heterocycles. The predicted molar refractivity (Wildman–Crippen MR) is 142 cm³/mol. The highest BCUT2D eigenvalue weighted by Crippen LogP contribution is 2.30.